The summed E-state index contributed by atoms with van der Waals surface area (Å²) in [4.78, 5) is 11.9. The van der Waals surface area contributed by atoms with Crippen molar-refractivity contribution in [1.29, 1.82) is 0 Å². The van der Waals surface area contributed by atoms with Crippen LogP contribution in [-0.2, 0) is 0 Å². The number of benzene rings is 1. The Balaban J connectivity index is 2.72. The topological polar surface area (TPSA) is 49.3 Å². The van der Waals surface area contributed by atoms with Crippen molar-refractivity contribution < 1.29 is 9.90 Å². The van der Waals surface area contributed by atoms with E-state index in [2.05, 4.69) is 33.0 Å². The van der Waals surface area contributed by atoms with Gasteiger partial charge in [-0.3, -0.25) is 4.79 Å². The van der Waals surface area contributed by atoms with Crippen LogP contribution >= 0.6 is 11.6 Å². The van der Waals surface area contributed by atoms with Gasteiger partial charge in [-0.1, -0.05) is 39.3 Å². The molecule has 100 valence electrons. The molecule has 0 aromatic heterocycles. The molecule has 1 aromatic rings. The summed E-state index contributed by atoms with van der Waals surface area (Å²) in [5, 5.41) is 12.9. The van der Waals surface area contributed by atoms with E-state index in [1.807, 2.05) is 0 Å². The molecule has 0 spiro atoms. The molecule has 1 amide bonds. The van der Waals surface area contributed by atoms with Crippen LogP contribution < -0.4 is 5.32 Å². The fourth-order valence-electron chi connectivity index (χ4n) is 1.30. The SMILES string of the molecule is CC(C)C(C)(C)CNC(=O)c1ccc(Cl)cc1O. The van der Waals surface area contributed by atoms with E-state index in [0.29, 0.717) is 17.5 Å². The molecule has 3 nitrogen and oxygen atoms in total. The van der Waals surface area contributed by atoms with E-state index in [0.717, 1.165) is 0 Å². The van der Waals surface area contributed by atoms with Gasteiger partial charge in [0.25, 0.3) is 5.91 Å². The van der Waals surface area contributed by atoms with Crippen molar-refractivity contribution >= 4 is 17.5 Å². The number of nitrogens with one attached hydrogen (secondary N) is 1. The number of phenolic OH excluding ortho intramolecular Hbond substituents is 1. The minimum atomic E-state index is -0.280. The Morgan fingerprint density at radius 2 is 2.06 bits per heavy atom. The summed E-state index contributed by atoms with van der Waals surface area (Å²) < 4.78 is 0. The van der Waals surface area contributed by atoms with Crippen LogP contribution in [0, 0.1) is 11.3 Å². The molecule has 18 heavy (non-hydrogen) atoms. The number of rotatable bonds is 4. The molecule has 0 fully saturated rings. The van der Waals surface area contributed by atoms with Crippen LogP contribution in [0.1, 0.15) is 38.1 Å². The van der Waals surface area contributed by atoms with Crippen molar-refractivity contribution in [2.75, 3.05) is 6.54 Å². The zero-order chi connectivity index (χ0) is 13.9. The lowest BCUT2D eigenvalue weighted by Gasteiger charge is -2.29. The predicted molar refractivity (Wildman–Crippen MR) is 74.1 cm³/mol. The van der Waals surface area contributed by atoms with Gasteiger partial charge in [0.05, 0.1) is 5.56 Å². The van der Waals surface area contributed by atoms with E-state index in [4.69, 9.17) is 11.6 Å². The Kier molecular flexibility index (Phi) is 4.63. The average molecular weight is 270 g/mol. The third kappa shape index (κ3) is 3.64. The van der Waals surface area contributed by atoms with Crippen LogP contribution in [-0.4, -0.2) is 17.6 Å². The van der Waals surface area contributed by atoms with Gasteiger partial charge in [-0.15, -0.1) is 0 Å². The van der Waals surface area contributed by atoms with Crippen LogP contribution in [0.3, 0.4) is 0 Å². The number of carbonyl (C=O) groups is 1. The Morgan fingerprint density at radius 3 is 2.56 bits per heavy atom. The maximum Gasteiger partial charge on any atom is 0.255 e. The van der Waals surface area contributed by atoms with Crippen molar-refractivity contribution in [3.63, 3.8) is 0 Å². The van der Waals surface area contributed by atoms with Crippen LogP contribution in [0.4, 0.5) is 0 Å². The lowest BCUT2D eigenvalue weighted by Crippen LogP contribution is -2.36. The zero-order valence-electron chi connectivity index (χ0n) is 11.2. The summed E-state index contributed by atoms with van der Waals surface area (Å²) in [7, 11) is 0. The summed E-state index contributed by atoms with van der Waals surface area (Å²) >= 11 is 5.72. The fraction of sp³-hybridized carbons (Fsp3) is 0.500. The zero-order valence-corrected chi connectivity index (χ0v) is 12.0. The van der Waals surface area contributed by atoms with Gasteiger partial charge in [-0.2, -0.15) is 0 Å². The monoisotopic (exact) mass is 269 g/mol. The minimum Gasteiger partial charge on any atom is -0.507 e. The largest absolute Gasteiger partial charge is 0.507 e. The maximum absolute atomic E-state index is 11.9. The maximum atomic E-state index is 11.9. The van der Waals surface area contributed by atoms with Crippen molar-refractivity contribution in [2.45, 2.75) is 27.7 Å². The molecule has 0 saturated heterocycles. The molecule has 0 aliphatic heterocycles. The lowest BCUT2D eigenvalue weighted by molar-refractivity contribution is 0.0922. The summed E-state index contributed by atoms with van der Waals surface area (Å²) in [5.41, 5.74) is 0.261. The minimum absolute atomic E-state index is 0.0116. The van der Waals surface area contributed by atoms with Crippen molar-refractivity contribution in [3.05, 3.63) is 28.8 Å². The van der Waals surface area contributed by atoms with E-state index >= 15 is 0 Å². The van der Waals surface area contributed by atoms with Crippen LogP contribution in [0.15, 0.2) is 18.2 Å². The van der Waals surface area contributed by atoms with Gasteiger partial charge >= 0.3 is 0 Å². The highest BCUT2D eigenvalue weighted by molar-refractivity contribution is 6.30. The predicted octanol–water partition coefficient (Wildman–Crippen LogP) is 3.46. The molecule has 4 heteroatoms. The van der Waals surface area contributed by atoms with Gasteiger partial charge in [-0.05, 0) is 29.5 Å². The van der Waals surface area contributed by atoms with Gasteiger partial charge in [-0.25, -0.2) is 0 Å². The Bertz CT molecular complexity index is 441. The number of carbonyl (C=O) groups excluding carboxylic acids is 1. The third-order valence-corrected chi connectivity index (χ3v) is 3.71. The van der Waals surface area contributed by atoms with Crippen LogP contribution in [0.5, 0.6) is 5.75 Å². The van der Waals surface area contributed by atoms with Crippen LogP contribution in [0.25, 0.3) is 0 Å². The van der Waals surface area contributed by atoms with Gasteiger partial charge in [0.2, 0.25) is 0 Å². The highest BCUT2D eigenvalue weighted by Crippen LogP contribution is 2.26. The summed E-state index contributed by atoms with van der Waals surface area (Å²) in [5.74, 6) is 0.0804. The van der Waals surface area contributed by atoms with Gasteiger partial charge in [0.1, 0.15) is 5.75 Å². The Labute approximate surface area is 113 Å². The first-order chi connectivity index (χ1) is 8.24. The van der Waals surface area contributed by atoms with E-state index in [1.165, 1.54) is 12.1 Å². The first-order valence-corrected chi connectivity index (χ1v) is 6.38. The smallest absolute Gasteiger partial charge is 0.255 e. The molecule has 0 radical (unpaired) electrons. The summed E-state index contributed by atoms with van der Waals surface area (Å²) in [6, 6.07) is 4.48. The molecule has 2 N–H and O–H groups in total. The number of amides is 1. The first kappa shape index (κ1) is 14.8. The Hall–Kier alpha value is -1.22. The van der Waals surface area contributed by atoms with E-state index < -0.39 is 0 Å². The molecule has 0 aliphatic carbocycles. The highest BCUT2D eigenvalue weighted by Gasteiger charge is 2.23. The Morgan fingerprint density at radius 1 is 1.44 bits per heavy atom. The van der Waals surface area contributed by atoms with Crippen molar-refractivity contribution in [3.8, 4) is 5.75 Å². The van der Waals surface area contributed by atoms with E-state index in [1.54, 1.807) is 6.07 Å². The number of phenols is 1. The third-order valence-electron chi connectivity index (χ3n) is 3.47. The van der Waals surface area contributed by atoms with Gasteiger partial charge in [0.15, 0.2) is 0 Å². The fourth-order valence-corrected chi connectivity index (χ4v) is 1.47. The molecule has 0 unspecified atom stereocenters. The van der Waals surface area contributed by atoms with Crippen molar-refractivity contribution in [2.24, 2.45) is 11.3 Å². The second-order valence-corrected chi connectivity index (χ2v) is 5.92. The normalized spacial score (nSPS) is 11.7. The summed E-state index contributed by atoms with van der Waals surface area (Å²) in [6.45, 7) is 8.99. The van der Waals surface area contributed by atoms with E-state index in [9.17, 15) is 9.90 Å². The quantitative estimate of drug-likeness (QED) is 0.879. The highest BCUT2D eigenvalue weighted by atomic mass is 35.5. The molecule has 0 heterocycles. The molecular weight excluding hydrogens is 250 g/mol. The molecule has 0 aliphatic rings. The average Bonchev–Trinajstić information content (AvgIpc) is 2.25. The van der Waals surface area contributed by atoms with E-state index in [-0.39, 0.29) is 22.6 Å². The second-order valence-electron chi connectivity index (χ2n) is 5.49. The molecule has 1 rings (SSSR count). The lowest BCUT2D eigenvalue weighted by atomic mass is 9.81. The van der Waals surface area contributed by atoms with Gasteiger partial charge < -0.3 is 10.4 Å². The molecule has 0 saturated carbocycles. The molecule has 0 bridgehead atoms. The molecule has 0 atom stereocenters. The second kappa shape index (κ2) is 5.61. The molecular formula is C14H20ClNO2. The van der Waals surface area contributed by atoms with Crippen LogP contribution in [0.2, 0.25) is 5.02 Å². The van der Waals surface area contributed by atoms with Crippen molar-refractivity contribution in [1.82, 2.24) is 5.32 Å². The number of hydrogen-bond acceptors (Lipinski definition) is 2. The standard InChI is InChI=1S/C14H20ClNO2/c1-9(2)14(3,4)8-16-13(18)11-6-5-10(15)7-12(11)17/h5-7,9,17H,8H2,1-4H3,(H,16,18). The number of halogens is 1. The molecule has 1 aromatic carbocycles. The number of hydrogen-bond donors (Lipinski definition) is 2. The van der Waals surface area contributed by atoms with Gasteiger partial charge in [0, 0.05) is 11.6 Å². The summed E-state index contributed by atoms with van der Waals surface area (Å²) in [6.07, 6.45) is 0. The first-order valence-electron chi connectivity index (χ1n) is 6.01. The number of aromatic hydroxyl groups is 1.